The van der Waals surface area contributed by atoms with E-state index in [1.807, 2.05) is 0 Å². The Kier molecular flexibility index (Phi) is 3.11. The van der Waals surface area contributed by atoms with Gasteiger partial charge in [0.1, 0.15) is 17.4 Å². The van der Waals surface area contributed by atoms with E-state index in [-0.39, 0.29) is 17.9 Å². The number of hydrogen-bond acceptors (Lipinski definition) is 6. The summed E-state index contributed by atoms with van der Waals surface area (Å²) in [6, 6.07) is -0.384. The monoisotopic (exact) mass is 280 g/mol. The largest absolute Gasteiger partial charge is 0.354 e. The third kappa shape index (κ3) is 2.55. The highest BCUT2D eigenvalue weighted by atomic mass is 32.1. The summed E-state index contributed by atoms with van der Waals surface area (Å²) < 4.78 is 1.61. The third-order valence-corrected chi connectivity index (χ3v) is 3.85. The molecule has 2 N–H and O–H groups in total. The van der Waals surface area contributed by atoms with Gasteiger partial charge in [-0.05, 0) is 6.42 Å². The van der Waals surface area contributed by atoms with Gasteiger partial charge >= 0.3 is 0 Å². The van der Waals surface area contributed by atoms with Crippen LogP contribution in [0.3, 0.4) is 0 Å². The molecule has 0 spiro atoms. The van der Waals surface area contributed by atoms with E-state index in [2.05, 4.69) is 25.9 Å². The van der Waals surface area contributed by atoms with Gasteiger partial charge < -0.3 is 10.6 Å². The lowest BCUT2D eigenvalue weighted by atomic mass is 10.2. The lowest BCUT2D eigenvalue weighted by molar-refractivity contribution is -0.125. The predicted octanol–water partition coefficient (Wildman–Crippen LogP) is -0.877. The first-order valence-electron chi connectivity index (χ1n) is 5.95. The molecule has 3 heterocycles. The topological polar surface area (TPSA) is 101 Å². The number of aromatic nitrogens is 4. The van der Waals surface area contributed by atoms with Crippen molar-refractivity contribution >= 4 is 28.1 Å². The van der Waals surface area contributed by atoms with Crippen LogP contribution in [0.2, 0.25) is 0 Å². The zero-order valence-electron chi connectivity index (χ0n) is 10.00. The molecule has 3 rings (SSSR count). The summed E-state index contributed by atoms with van der Waals surface area (Å²) in [5.41, 5.74) is 0. The first-order valence-corrected chi connectivity index (χ1v) is 6.77. The molecule has 2 amide bonds. The van der Waals surface area contributed by atoms with Crippen LogP contribution in [0.15, 0.2) is 6.33 Å². The molecule has 0 radical (unpaired) electrons. The summed E-state index contributed by atoms with van der Waals surface area (Å²) in [6.45, 7) is 0.495. The fourth-order valence-electron chi connectivity index (χ4n) is 1.93. The molecular weight excluding hydrogens is 268 g/mol. The first-order chi connectivity index (χ1) is 9.22. The van der Waals surface area contributed by atoms with Crippen LogP contribution in [0, 0.1) is 0 Å². The molecule has 1 aliphatic heterocycles. The van der Waals surface area contributed by atoms with Gasteiger partial charge in [0.2, 0.25) is 16.8 Å². The molecule has 1 fully saturated rings. The fraction of sp³-hybridized carbons (Fsp3) is 0.500. The smallest absolute Gasteiger partial charge is 0.242 e. The van der Waals surface area contributed by atoms with Crippen molar-refractivity contribution in [2.24, 2.45) is 0 Å². The van der Waals surface area contributed by atoms with Crippen molar-refractivity contribution < 1.29 is 9.59 Å². The number of hydrogen-bond donors (Lipinski definition) is 2. The maximum atomic E-state index is 11.7. The van der Waals surface area contributed by atoms with Gasteiger partial charge in [0.15, 0.2) is 0 Å². The minimum Gasteiger partial charge on any atom is -0.354 e. The predicted molar refractivity (Wildman–Crippen MR) is 66.5 cm³/mol. The van der Waals surface area contributed by atoms with E-state index in [0.29, 0.717) is 25.8 Å². The van der Waals surface area contributed by atoms with Crippen LogP contribution in [0.1, 0.15) is 17.8 Å². The Morgan fingerprint density at radius 2 is 2.53 bits per heavy atom. The second-order valence-electron chi connectivity index (χ2n) is 4.25. The molecule has 2 aromatic rings. The minimum atomic E-state index is -0.384. The van der Waals surface area contributed by atoms with E-state index < -0.39 is 0 Å². The van der Waals surface area contributed by atoms with Crippen molar-refractivity contribution in [3.8, 4) is 0 Å². The second kappa shape index (κ2) is 4.92. The van der Waals surface area contributed by atoms with Gasteiger partial charge in [0.05, 0.1) is 0 Å². The number of fused-ring (bicyclic) bond motifs is 1. The molecule has 1 atom stereocenters. The van der Waals surface area contributed by atoms with Crippen LogP contribution in [0.5, 0.6) is 0 Å². The molecule has 2 aromatic heterocycles. The van der Waals surface area contributed by atoms with Crippen molar-refractivity contribution in [1.29, 1.82) is 0 Å². The molecule has 0 aliphatic carbocycles. The Bertz CT molecular complexity index is 592. The summed E-state index contributed by atoms with van der Waals surface area (Å²) in [7, 11) is 0. The van der Waals surface area contributed by atoms with Crippen LogP contribution in [0.25, 0.3) is 4.96 Å². The zero-order valence-corrected chi connectivity index (χ0v) is 10.8. The Morgan fingerprint density at radius 3 is 3.26 bits per heavy atom. The lowest BCUT2D eigenvalue weighted by Crippen LogP contribution is -2.42. The Balaban J connectivity index is 1.49. The van der Waals surface area contributed by atoms with Gasteiger partial charge in [-0.25, -0.2) is 0 Å². The molecule has 0 saturated carbocycles. The molecule has 0 bridgehead atoms. The molecular formula is C10H12N6O2S. The van der Waals surface area contributed by atoms with Crippen molar-refractivity contribution in [2.45, 2.75) is 25.3 Å². The van der Waals surface area contributed by atoms with Crippen LogP contribution in [-0.2, 0) is 16.0 Å². The molecule has 19 heavy (non-hydrogen) atoms. The molecule has 1 saturated heterocycles. The van der Waals surface area contributed by atoms with Gasteiger partial charge in [-0.2, -0.15) is 9.61 Å². The van der Waals surface area contributed by atoms with Crippen LogP contribution in [0.4, 0.5) is 0 Å². The van der Waals surface area contributed by atoms with Crippen molar-refractivity contribution in [1.82, 2.24) is 30.4 Å². The fourth-order valence-corrected chi connectivity index (χ4v) is 2.74. The molecule has 100 valence electrons. The molecule has 1 aliphatic rings. The van der Waals surface area contributed by atoms with Gasteiger partial charge in [0, 0.05) is 19.4 Å². The summed E-state index contributed by atoms with van der Waals surface area (Å²) in [4.78, 5) is 23.5. The van der Waals surface area contributed by atoms with E-state index in [9.17, 15) is 9.59 Å². The SMILES string of the molecule is O=C1CCC(C(=O)NCCc2nn3cnnc3s2)N1. The number of amides is 2. The van der Waals surface area contributed by atoms with Crippen molar-refractivity contribution in [3.05, 3.63) is 11.3 Å². The van der Waals surface area contributed by atoms with Crippen LogP contribution < -0.4 is 10.6 Å². The number of carbonyl (C=O) groups excluding carboxylic acids is 2. The van der Waals surface area contributed by atoms with Gasteiger partial charge in [-0.1, -0.05) is 11.3 Å². The first kappa shape index (κ1) is 12.0. The van der Waals surface area contributed by atoms with Crippen molar-refractivity contribution in [3.63, 3.8) is 0 Å². The number of rotatable bonds is 4. The minimum absolute atomic E-state index is 0.0613. The summed E-state index contributed by atoms with van der Waals surface area (Å²) in [5, 5.41) is 18.2. The van der Waals surface area contributed by atoms with E-state index in [1.165, 1.54) is 11.3 Å². The molecule has 8 nitrogen and oxygen atoms in total. The molecule has 0 aromatic carbocycles. The standard InChI is InChI=1S/C10H12N6O2S/c17-7-2-1-6(13-7)9(18)11-4-3-8-15-16-5-12-14-10(16)19-8/h5-6H,1-4H2,(H,11,18)(H,13,17). The van der Waals surface area contributed by atoms with Gasteiger partial charge in [-0.3, -0.25) is 9.59 Å². The highest BCUT2D eigenvalue weighted by Gasteiger charge is 2.26. The van der Waals surface area contributed by atoms with Gasteiger partial charge in [-0.15, -0.1) is 10.2 Å². The Hall–Kier alpha value is -2.03. The van der Waals surface area contributed by atoms with Crippen LogP contribution in [-0.4, -0.2) is 44.2 Å². The summed E-state index contributed by atoms with van der Waals surface area (Å²) >= 11 is 1.45. The lowest BCUT2D eigenvalue weighted by Gasteiger charge is -2.09. The zero-order chi connectivity index (χ0) is 13.2. The van der Waals surface area contributed by atoms with Crippen molar-refractivity contribution in [2.75, 3.05) is 6.54 Å². The summed E-state index contributed by atoms with van der Waals surface area (Å²) in [6.07, 6.45) is 3.18. The Labute approximate surface area is 112 Å². The highest BCUT2D eigenvalue weighted by molar-refractivity contribution is 7.16. The van der Waals surface area contributed by atoms with Gasteiger partial charge in [0.25, 0.3) is 0 Å². The maximum absolute atomic E-state index is 11.7. The third-order valence-electron chi connectivity index (χ3n) is 2.88. The van der Waals surface area contributed by atoms with E-state index in [1.54, 1.807) is 10.8 Å². The molecule has 1 unspecified atom stereocenters. The number of carbonyl (C=O) groups is 2. The molecule has 9 heteroatoms. The normalized spacial score (nSPS) is 18.7. The van der Waals surface area contributed by atoms with Crippen LogP contribution >= 0.6 is 11.3 Å². The average Bonchev–Trinajstić information content (AvgIpc) is 3.03. The maximum Gasteiger partial charge on any atom is 0.242 e. The highest BCUT2D eigenvalue weighted by Crippen LogP contribution is 2.11. The number of nitrogens with zero attached hydrogens (tertiary/aromatic N) is 4. The van der Waals surface area contributed by atoms with E-state index in [4.69, 9.17) is 0 Å². The summed E-state index contributed by atoms with van der Waals surface area (Å²) in [5.74, 6) is -0.192. The van der Waals surface area contributed by atoms with E-state index >= 15 is 0 Å². The Morgan fingerprint density at radius 1 is 1.63 bits per heavy atom. The second-order valence-corrected chi connectivity index (χ2v) is 5.29. The quantitative estimate of drug-likeness (QED) is 0.757. The average molecular weight is 280 g/mol. The van der Waals surface area contributed by atoms with E-state index in [0.717, 1.165) is 9.97 Å². The number of nitrogens with one attached hydrogen (secondary N) is 2.